The third kappa shape index (κ3) is 3.47. The molecule has 8 nitrogen and oxygen atoms in total. The number of fused-ring (bicyclic) bond motifs is 1. The lowest BCUT2D eigenvalue weighted by Gasteiger charge is -2.08. The predicted molar refractivity (Wildman–Crippen MR) is 95.9 cm³/mol. The molecule has 0 saturated carbocycles. The van der Waals surface area contributed by atoms with Crippen molar-refractivity contribution in [2.45, 2.75) is 26.7 Å². The highest BCUT2D eigenvalue weighted by Crippen LogP contribution is 2.25. The normalized spacial score (nSPS) is 10.7. The van der Waals surface area contributed by atoms with Crippen LogP contribution < -0.4 is 5.32 Å². The van der Waals surface area contributed by atoms with E-state index in [2.05, 4.69) is 21.5 Å². The molecule has 2 aromatic heterocycles. The lowest BCUT2D eigenvalue weighted by atomic mass is 10.1. The van der Waals surface area contributed by atoms with Crippen molar-refractivity contribution >= 4 is 22.4 Å². The summed E-state index contributed by atoms with van der Waals surface area (Å²) in [5.41, 5.74) is 2.86. The van der Waals surface area contributed by atoms with Gasteiger partial charge in [0.2, 0.25) is 0 Å². The number of nitro groups is 1. The molecule has 1 aromatic carbocycles. The molecule has 2 heterocycles. The highest BCUT2D eigenvalue weighted by atomic mass is 16.6. The molecule has 26 heavy (non-hydrogen) atoms. The van der Waals surface area contributed by atoms with Crippen molar-refractivity contribution in [3.05, 3.63) is 57.0 Å². The molecule has 0 atom stereocenters. The molecule has 0 radical (unpaired) electrons. The van der Waals surface area contributed by atoms with Crippen LogP contribution in [0.2, 0.25) is 0 Å². The summed E-state index contributed by atoms with van der Waals surface area (Å²) >= 11 is 0. The van der Waals surface area contributed by atoms with Gasteiger partial charge in [-0.1, -0.05) is 5.16 Å². The van der Waals surface area contributed by atoms with Crippen molar-refractivity contribution in [3.63, 3.8) is 0 Å². The topological polar surface area (TPSA) is 118 Å². The van der Waals surface area contributed by atoms with Crippen molar-refractivity contribution in [1.29, 1.82) is 5.26 Å². The number of benzene rings is 1. The number of nitriles is 1. The van der Waals surface area contributed by atoms with Gasteiger partial charge in [-0.15, -0.1) is 0 Å². The standard InChI is InChI=1S/C18H17N5O3/c1-11-15(12(2)26-22-11)4-3-7-20-18-8-13(10-19)16-9-14(23(24)25)5-6-17(16)21-18/h5-6,8-9H,3-4,7H2,1-2H3,(H,20,21). The van der Waals surface area contributed by atoms with E-state index in [4.69, 9.17) is 4.52 Å². The van der Waals surface area contributed by atoms with Crippen molar-refractivity contribution in [2.75, 3.05) is 11.9 Å². The van der Waals surface area contributed by atoms with Gasteiger partial charge >= 0.3 is 0 Å². The first kappa shape index (κ1) is 17.4. The maximum atomic E-state index is 10.9. The lowest BCUT2D eigenvalue weighted by molar-refractivity contribution is -0.384. The van der Waals surface area contributed by atoms with E-state index in [1.165, 1.54) is 12.1 Å². The third-order valence-corrected chi connectivity index (χ3v) is 4.21. The van der Waals surface area contributed by atoms with Crippen LogP contribution in [0.5, 0.6) is 0 Å². The van der Waals surface area contributed by atoms with Gasteiger partial charge in [0.25, 0.3) is 5.69 Å². The summed E-state index contributed by atoms with van der Waals surface area (Å²) in [6.07, 6.45) is 1.68. The number of nitro benzene ring substituents is 1. The Labute approximate surface area is 149 Å². The Bertz CT molecular complexity index is 1000. The summed E-state index contributed by atoms with van der Waals surface area (Å²) in [4.78, 5) is 14.9. The van der Waals surface area contributed by atoms with E-state index in [0.29, 0.717) is 28.8 Å². The van der Waals surface area contributed by atoms with Crippen LogP contribution in [0.25, 0.3) is 10.9 Å². The molecule has 132 valence electrons. The molecule has 0 saturated heterocycles. The predicted octanol–water partition coefficient (Wildman–Crippen LogP) is 3.66. The Balaban J connectivity index is 1.73. The molecule has 8 heteroatoms. The van der Waals surface area contributed by atoms with Crippen molar-refractivity contribution in [2.24, 2.45) is 0 Å². The van der Waals surface area contributed by atoms with Crippen LogP contribution in [0.15, 0.2) is 28.8 Å². The number of non-ortho nitro benzene ring substituents is 1. The molecule has 0 aliphatic rings. The molecule has 0 spiro atoms. The summed E-state index contributed by atoms with van der Waals surface area (Å²) in [6, 6.07) is 8.02. The van der Waals surface area contributed by atoms with Gasteiger partial charge < -0.3 is 9.84 Å². The molecular formula is C18H17N5O3. The monoisotopic (exact) mass is 351 g/mol. The number of hydrogen-bond donors (Lipinski definition) is 1. The quantitative estimate of drug-likeness (QED) is 0.409. The fourth-order valence-corrected chi connectivity index (χ4v) is 2.85. The number of aryl methyl sites for hydroxylation is 2. The van der Waals surface area contributed by atoms with Gasteiger partial charge in [-0.05, 0) is 38.8 Å². The number of hydrogen-bond acceptors (Lipinski definition) is 7. The van der Waals surface area contributed by atoms with Crippen LogP contribution in [-0.2, 0) is 6.42 Å². The number of pyridine rings is 1. The van der Waals surface area contributed by atoms with Gasteiger partial charge in [-0.2, -0.15) is 5.26 Å². The summed E-state index contributed by atoms with van der Waals surface area (Å²) in [5.74, 6) is 1.40. The van der Waals surface area contributed by atoms with Crippen LogP contribution in [0.3, 0.4) is 0 Å². The zero-order chi connectivity index (χ0) is 18.7. The fourth-order valence-electron chi connectivity index (χ4n) is 2.85. The maximum absolute atomic E-state index is 10.9. The van der Waals surface area contributed by atoms with E-state index in [1.807, 2.05) is 13.8 Å². The van der Waals surface area contributed by atoms with Crippen LogP contribution in [0, 0.1) is 35.3 Å². The summed E-state index contributed by atoms with van der Waals surface area (Å²) < 4.78 is 5.15. The highest BCUT2D eigenvalue weighted by Gasteiger charge is 2.12. The minimum atomic E-state index is -0.485. The van der Waals surface area contributed by atoms with Gasteiger partial charge in [-0.3, -0.25) is 10.1 Å². The second kappa shape index (κ2) is 7.19. The molecule has 0 aliphatic carbocycles. The molecular weight excluding hydrogens is 334 g/mol. The minimum absolute atomic E-state index is 0.0593. The number of nitrogens with zero attached hydrogens (tertiary/aromatic N) is 4. The Morgan fingerprint density at radius 2 is 2.15 bits per heavy atom. The Morgan fingerprint density at radius 1 is 1.35 bits per heavy atom. The molecule has 0 aliphatic heterocycles. The van der Waals surface area contributed by atoms with Gasteiger partial charge in [0.15, 0.2) is 0 Å². The van der Waals surface area contributed by atoms with E-state index in [9.17, 15) is 15.4 Å². The average molecular weight is 351 g/mol. The van der Waals surface area contributed by atoms with E-state index in [1.54, 1.807) is 12.1 Å². The lowest BCUT2D eigenvalue weighted by Crippen LogP contribution is -2.06. The Hall–Kier alpha value is -3.47. The third-order valence-electron chi connectivity index (χ3n) is 4.21. The molecule has 0 fully saturated rings. The van der Waals surface area contributed by atoms with E-state index >= 15 is 0 Å². The van der Waals surface area contributed by atoms with Crippen molar-refractivity contribution in [1.82, 2.24) is 10.1 Å². The zero-order valence-electron chi connectivity index (χ0n) is 14.4. The SMILES string of the molecule is Cc1noc(C)c1CCCNc1cc(C#N)c2cc([N+](=O)[O-])ccc2n1. The van der Waals surface area contributed by atoms with Crippen molar-refractivity contribution < 1.29 is 9.45 Å². The van der Waals surface area contributed by atoms with E-state index in [0.717, 1.165) is 29.9 Å². The molecule has 3 rings (SSSR count). The maximum Gasteiger partial charge on any atom is 0.270 e. The summed E-state index contributed by atoms with van der Waals surface area (Å²) in [5, 5.41) is 27.9. The molecule has 1 N–H and O–H groups in total. The van der Waals surface area contributed by atoms with Gasteiger partial charge in [0, 0.05) is 29.6 Å². The van der Waals surface area contributed by atoms with Gasteiger partial charge in [0.05, 0.1) is 27.8 Å². The van der Waals surface area contributed by atoms with Crippen molar-refractivity contribution in [3.8, 4) is 6.07 Å². The summed E-state index contributed by atoms with van der Waals surface area (Å²) in [7, 11) is 0. The number of nitrogens with one attached hydrogen (secondary N) is 1. The largest absolute Gasteiger partial charge is 0.370 e. The summed E-state index contributed by atoms with van der Waals surface area (Å²) in [6.45, 7) is 4.48. The first-order valence-corrected chi connectivity index (χ1v) is 8.14. The van der Waals surface area contributed by atoms with E-state index in [-0.39, 0.29) is 5.69 Å². The van der Waals surface area contributed by atoms with Crippen LogP contribution in [0.1, 0.15) is 29.0 Å². The smallest absolute Gasteiger partial charge is 0.270 e. The van der Waals surface area contributed by atoms with Gasteiger partial charge in [0.1, 0.15) is 11.6 Å². The first-order valence-electron chi connectivity index (χ1n) is 8.14. The van der Waals surface area contributed by atoms with Gasteiger partial charge in [-0.25, -0.2) is 4.98 Å². The van der Waals surface area contributed by atoms with Crippen LogP contribution in [0.4, 0.5) is 11.5 Å². The van der Waals surface area contributed by atoms with Crippen LogP contribution >= 0.6 is 0 Å². The molecule has 0 amide bonds. The van der Waals surface area contributed by atoms with Crippen LogP contribution in [-0.4, -0.2) is 21.6 Å². The zero-order valence-corrected chi connectivity index (χ0v) is 14.4. The fraction of sp³-hybridized carbons (Fsp3) is 0.278. The Kier molecular flexibility index (Phi) is 4.80. The molecule has 0 unspecified atom stereocenters. The first-order chi connectivity index (χ1) is 12.5. The second-order valence-electron chi connectivity index (χ2n) is 5.96. The Morgan fingerprint density at radius 3 is 2.81 bits per heavy atom. The highest BCUT2D eigenvalue weighted by molar-refractivity contribution is 5.88. The second-order valence-corrected chi connectivity index (χ2v) is 5.96. The molecule has 3 aromatic rings. The van der Waals surface area contributed by atoms with E-state index < -0.39 is 4.92 Å². The number of aromatic nitrogens is 2. The molecule has 0 bridgehead atoms. The minimum Gasteiger partial charge on any atom is -0.370 e. The average Bonchev–Trinajstić information content (AvgIpc) is 2.95. The number of anilines is 1. The number of rotatable bonds is 6.